The number of fused-ring (bicyclic) bond motifs is 11. The maximum Gasteiger partial charge on any atom is 0.135 e. The Kier molecular flexibility index (Phi) is 7.20. The third kappa shape index (κ3) is 5.09. The van der Waals surface area contributed by atoms with Gasteiger partial charge >= 0.3 is 0 Å². The van der Waals surface area contributed by atoms with Crippen LogP contribution in [-0.4, -0.2) is 4.57 Å². The molecule has 4 heteroatoms. The van der Waals surface area contributed by atoms with Crippen LogP contribution in [0.25, 0.3) is 82.8 Å². The van der Waals surface area contributed by atoms with Crippen LogP contribution in [0.5, 0.6) is 11.5 Å². The Morgan fingerprint density at radius 2 is 0.948 bits per heavy atom. The maximum atomic E-state index is 6.54. The lowest BCUT2D eigenvalue weighted by Crippen LogP contribution is -2.10. The highest BCUT2D eigenvalue weighted by Crippen LogP contribution is 2.49. The van der Waals surface area contributed by atoms with Crippen LogP contribution in [0.1, 0.15) is 0 Å². The SMILES string of the molecule is c1ccc(-n2c3ccccc3c3cc(-c4ccc(N(c5ccc6c(c5)-c5ccccc5Oc5ccccc5-6)c5ccc6oc7ccccc7c6c5)cc4)ccc32)cc1. The van der Waals surface area contributed by atoms with Gasteiger partial charge in [0.15, 0.2) is 0 Å². The van der Waals surface area contributed by atoms with E-state index in [1.165, 1.54) is 27.4 Å². The topological polar surface area (TPSA) is 30.5 Å². The first-order valence-electron chi connectivity index (χ1n) is 19.7. The van der Waals surface area contributed by atoms with Gasteiger partial charge in [-0.2, -0.15) is 0 Å². The van der Waals surface area contributed by atoms with E-state index >= 15 is 0 Å². The van der Waals surface area contributed by atoms with Crippen molar-refractivity contribution >= 4 is 60.8 Å². The average molecular weight is 743 g/mol. The Hall–Kier alpha value is -7.82. The fourth-order valence-corrected chi connectivity index (χ4v) is 8.91. The molecule has 1 aliphatic heterocycles. The average Bonchev–Trinajstić information content (AvgIpc) is 3.78. The molecule has 3 heterocycles. The number of para-hydroxylation sites is 5. The second kappa shape index (κ2) is 12.9. The Morgan fingerprint density at radius 1 is 0.345 bits per heavy atom. The fraction of sp³-hybridized carbons (Fsp3) is 0. The van der Waals surface area contributed by atoms with Crippen molar-refractivity contribution in [2.75, 3.05) is 4.90 Å². The van der Waals surface area contributed by atoms with Crippen LogP contribution >= 0.6 is 0 Å². The van der Waals surface area contributed by atoms with Crippen molar-refractivity contribution in [1.29, 1.82) is 0 Å². The Labute approximate surface area is 335 Å². The van der Waals surface area contributed by atoms with E-state index in [-0.39, 0.29) is 0 Å². The molecule has 58 heavy (non-hydrogen) atoms. The molecule has 4 nitrogen and oxygen atoms in total. The van der Waals surface area contributed by atoms with Crippen LogP contribution in [0.15, 0.2) is 211 Å². The molecule has 11 aromatic rings. The summed E-state index contributed by atoms with van der Waals surface area (Å²) in [5.74, 6) is 1.70. The monoisotopic (exact) mass is 742 g/mol. The molecule has 0 unspecified atom stereocenters. The van der Waals surface area contributed by atoms with Crippen molar-refractivity contribution in [2.45, 2.75) is 0 Å². The van der Waals surface area contributed by atoms with Gasteiger partial charge in [0, 0.05) is 55.4 Å². The van der Waals surface area contributed by atoms with E-state index in [0.29, 0.717) is 0 Å². The van der Waals surface area contributed by atoms with Crippen LogP contribution < -0.4 is 9.64 Å². The highest BCUT2D eigenvalue weighted by molar-refractivity contribution is 6.11. The Morgan fingerprint density at radius 3 is 1.78 bits per heavy atom. The zero-order chi connectivity index (χ0) is 38.2. The third-order valence-electron chi connectivity index (χ3n) is 11.6. The summed E-state index contributed by atoms with van der Waals surface area (Å²) in [6.45, 7) is 0. The largest absolute Gasteiger partial charge is 0.456 e. The molecule has 272 valence electrons. The number of nitrogens with zero attached hydrogens (tertiary/aromatic N) is 2. The minimum atomic E-state index is 0.844. The summed E-state index contributed by atoms with van der Waals surface area (Å²) >= 11 is 0. The Balaban J connectivity index is 1.02. The lowest BCUT2D eigenvalue weighted by atomic mass is 9.93. The summed E-state index contributed by atoms with van der Waals surface area (Å²) < 4.78 is 15.2. The second-order valence-corrected chi connectivity index (χ2v) is 14.9. The number of hydrogen-bond donors (Lipinski definition) is 0. The van der Waals surface area contributed by atoms with Gasteiger partial charge in [0.25, 0.3) is 0 Å². The molecule has 0 radical (unpaired) electrons. The van der Waals surface area contributed by atoms with Gasteiger partial charge < -0.3 is 18.6 Å². The van der Waals surface area contributed by atoms with Crippen LogP contribution in [0.2, 0.25) is 0 Å². The highest BCUT2D eigenvalue weighted by atomic mass is 16.5. The lowest BCUT2D eigenvalue weighted by Gasteiger charge is -2.27. The summed E-state index contributed by atoms with van der Waals surface area (Å²) in [6, 6.07) is 73.3. The molecule has 0 bridgehead atoms. The van der Waals surface area contributed by atoms with E-state index in [0.717, 1.165) is 84.0 Å². The first-order chi connectivity index (χ1) is 28.7. The van der Waals surface area contributed by atoms with E-state index < -0.39 is 0 Å². The van der Waals surface area contributed by atoms with E-state index in [4.69, 9.17) is 9.15 Å². The number of hydrogen-bond acceptors (Lipinski definition) is 3. The van der Waals surface area contributed by atoms with E-state index in [9.17, 15) is 0 Å². The van der Waals surface area contributed by atoms with Gasteiger partial charge in [0.1, 0.15) is 22.7 Å². The first-order valence-corrected chi connectivity index (χ1v) is 19.7. The van der Waals surface area contributed by atoms with Crippen molar-refractivity contribution in [3.63, 3.8) is 0 Å². The highest BCUT2D eigenvalue weighted by Gasteiger charge is 2.23. The van der Waals surface area contributed by atoms with Gasteiger partial charge in [0.05, 0.1) is 11.0 Å². The van der Waals surface area contributed by atoms with E-state index in [1.807, 2.05) is 30.3 Å². The molecule has 0 fully saturated rings. The summed E-state index contributed by atoms with van der Waals surface area (Å²) in [6.07, 6.45) is 0. The van der Waals surface area contributed by atoms with Crippen LogP contribution in [0, 0.1) is 0 Å². The fourth-order valence-electron chi connectivity index (χ4n) is 8.91. The molecule has 0 atom stereocenters. The van der Waals surface area contributed by atoms with Crippen molar-refractivity contribution in [3.05, 3.63) is 206 Å². The number of ether oxygens (including phenoxy) is 1. The molecule has 9 aromatic carbocycles. The van der Waals surface area contributed by atoms with Gasteiger partial charge in [-0.05, 0) is 113 Å². The van der Waals surface area contributed by atoms with E-state index in [2.05, 4.69) is 185 Å². The first kappa shape index (κ1) is 32.4. The van der Waals surface area contributed by atoms with Gasteiger partial charge in [-0.15, -0.1) is 0 Å². The van der Waals surface area contributed by atoms with Gasteiger partial charge in [-0.3, -0.25) is 0 Å². The van der Waals surface area contributed by atoms with Gasteiger partial charge in [-0.25, -0.2) is 0 Å². The summed E-state index contributed by atoms with van der Waals surface area (Å²) in [4.78, 5) is 2.35. The van der Waals surface area contributed by atoms with Crippen LogP contribution in [-0.2, 0) is 0 Å². The third-order valence-corrected chi connectivity index (χ3v) is 11.6. The number of rotatable bonds is 5. The van der Waals surface area contributed by atoms with Crippen molar-refractivity contribution < 1.29 is 9.15 Å². The minimum absolute atomic E-state index is 0.844. The molecule has 0 N–H and O–H groups in total. The van der Waals surface area contributed by atoms with Crippen molar-refractivity contribution in [1.82, 2.24) is 4.57 Å². The number of anilines is 3. The molecular weight excluding hydrogens is 709 g/mol. The predicted molar refractivity (Wildman–Crippen MR) is 239 cm³/mol. The summed E-state index contributed by atoms with van der Waals surface area (Å²) in [7, 11) is 0. The predicted octanol–water partition coefficient (Wildman–Crippen LogP) is 15.3. The number of furan rings is 1. The zero-order valence-corrected chi connectivity index (χ0v) is 31.3. The molecule has 12 rings (SSSR count). The lowest BCUT2D eigenvalue weighted by molar-refractivity contribution is 0.488. The smallest absolute Gasteiger partial charge is 0.135 e. The standard InChI is InChI=1S/C54H34N2O2/c1-2-12-37(13-3-1)56-49-18-8-4-14-42(49)47-32-36(24-30-50(47)56)35-22-25-38(26-23-35)55(40-28-31-54-48(34-40)45-17-7-11-21-53(45)58-54)39-27-29-41-43-15-5-9-19-51(43)57-52-20-10-6-16-44(52)46(41)33-39/h1-34H. The van der Waals surface area contributed by atoms with Crippen molar-refractivity contribution in [3.8, 4) is 50.6 Å². The van der Waals surface area contributed by atoms with Gasteiger partial charge in [-0.1, -0.05) is 115 Å². The van der Waals surface area contributed by atoms with Crippen LogP contribution in [0.3, 0.4) is 0 Å². The maximum absolute atomic E-state index is 6.54. The molecular formula is C54H34N2O2. The molecule has 0 saturated heterocycles. The molecule has 0 amide bonds. The minimum Gasteiger partial charge on any atom is -0.456 e. The molecule has 0 aliphatic carbocycles. The van der Waals surface area contributed by atoms with Gasteiger partial charge in [0.2, 0.25) is 0 Å². The van der Waals surface area contributed by atoms with Crippen LogP contribution in [0.4, 0.5) is 17.1 Å². The normalized spacial score (nSPS) is 11.9. The zero-order valence-electron chi connectivity index (χ0n) is 31.3. The Bertz CT molecular complexity index is 3380. The van der Waals surface area contributed by atoms with Crippen molar-refractivity contribution in [2.24, 2.45) is 0 Å². The quantitative estimate of drug-likeness (QED) is 0.176. The summed E-state index contributed by atoms with van der Waals surface area (Å²) in [5.41, 5.74) is 15.2. The summed E-state index contributed by atoms with van der Waals surface area (Å²) in [5, 5.41) is 4.66. The number of aromatic nitrogens is 1. The molecule has 0 spiro atoms. The molecule has 2 aromatic heterocycles. The molecule has 1 aliphatic rings. The molecule has 0 saturated carbocycles. The second-order valence-electron chi connectivity index (χ2n) is 14.9. The van der Waals surface area contributed by atoms with E-state index in [1.54, 1.807) is 0 Å². The number of benzene rings is 9.